The number of anilines is 1. The second kappa shape index (κ2) is 8.90. The number of rotatable bonds is 5. The number of fused-ring (bicyclic) bond motifs is 1. The van der Waals surface area contributed by atoms with E-state index in [1.165, 1.54) is 21.2 Å². The van der Waals surface area contributed by atoms with Crippen LogP contribution in [0.5, 0.6) is 0 Å². The number of carbonyl (C=O) groups excluding carboxylic acids is 1. The average Bonchev–Trinajstić information content (AvgIpc) is 3.56. The summed E-state index contributed by atoms with van der Waals surface area (Å²) in [6.45, 7) is 6.97. The van der Waals surface area contributed by atoms with Crippen LogP contribution in [0.3, 0.4) is 0 Å². The lowest BCUT2D eigenvalue weighted by atomic mass is 9.98. The van der Waals surface area contributed by atoms with E-state index < -0.39 is 10.0 Å². The van der Waals surface area contributed by atoms with E-state index in [2.05, 4.69) is 10.1 Å². The number of thiophene rings is 1. The minimum atomic E-state index is -3.75. The number of piperidine rings is 1. The molecule has 34 heavy (non-hydrogen) atoms. The smallest absolute Gasteiger partial charge is 0.244 e. The molecule has 2 aromatic heterocycles. The van der Waals surface area contributed by atoms with E-state index in [-0.39, 0.29) is 29.2 Å². The molecule has 0 aliphatic carbocycles. The zero-order valence-electron chi connectivity index (χ0n) is 19.5. The molecule has 3 aromatic rings. The molecule has 180 valence electrons. The van der Waals surface area contributed by atoms with Gasteiger partial charge in [0.25, 0.3) is 0 Å². The maximum atomic E-state index is 13.6. The molecule has 4 heterocycles. The Morgan fingerprint density at radius 3 is 2.79 bits per heavy atom. The van der Waals surface area contributed by atoms with Gasteiger partial charge in [0.1, 0.15) is 0 Å². The molecule has 0 saturated carbocycles. The van der Waals surface area contributed by atoms with Gasteiger partial charge in [0, 0.05) is 36.1 Å². The first-order valence-corrected chi connectivity index (χ1v) is 13.8. The Balaban J connectivity index is 1.36. The molecule has 0 bridgehead atoms. The van der Waals surface area contributed by atoms with Crippen LogP contribution in [0.2, 0.25) is 0 Å². The number of benzene rings is 1. The molecular formula is C24H28N4O4S2. The number of para-hydroxylation sites is 1. The number of sulfonamides is 1. The molecule has 1 fully saturated rings. The van der Waals surface area contributed by atoms with Crippen LogP contribution in [0, 0.1) is 12.8 Å². The summed E-state index contributed by atoms with van der Waals surface area (Å²) in [6, 6.07) is 9.57. The summed E-state index contributed by atoms with van der Waals surface area (Å²) in [5.41, 5.74) is 2.12. The molecule has 2 aliphatic rings. The third-order valence-corrected chi connectivity index (χ3v) is 9.70. The monoisotopic (exact) mass is 500 g/mol. The second-order valence-corrected chi connectivity index (χ2v) is 12.4. The van der Waals surface area contributed by atoms with Crippen LogP contribution in [0.15, 0.2) is 39.8 Å². The lowest BCUT2D eigenvalue weighted by molar-refractivity contribution is -0.123. The minimum Gasteiger partial charge on any atom is -0.339 e. The fourth-order valence-electron chi connectivity index (χ4n) is 4.69. The van der Waals surface area contributed by atoms with Crippen LogP contribution in [0.1, 0.15) is 48.9 Å². The number of nitrogens with zero attached hydrogens (tertiary/aromatic N) is 4. The van der Waals surface area contributed by atoms with Crippen molar-refractivity contribution >= 4 is 33.0 Å². The van der Waals surface area contributed by atoms with E-state index in [1.807, 2.05) is 43.0 Å². The highest BCUT2D eigenvalue weighted by molar-refractivity contribution is 7.89. The van der Waals surface area contributed by atoms with Crippen molar-refractivity contribution in [2.75, 3.05) is 24.5 Å². The summed E-state index contributed by atoms with van der Waals surface area (Å²) in [4.78, 5) is 21.2. The fourth-order valence-corrected chi connectivity index (χ4v) is 7.70. The second-order valence-electron chi connectivity index (χ2n) is 9.21. The molecule has 0 radical (unpaired) electrons. The molecule has 0 N–H and O–H groups in total. The highest BCUT2D eigenvalue weighted by atomic mass is 32.2. The normalized spacial score (nSPS) is 19.1. The zero-order valence-corrected chi connectivity index (χ0v) is 21.2. The lowest BCUT2D eigenvalue weighted by Gasteiger charge is -2.33. The maximum Gasteiger partial charge on any atom is 0.244 e. The van der Waals surface area contributed by atoms with Crippen molar-refractivity contribution in [3.63, 3.8) is 0 Å². The highest BCUT2D eigenvalue weighted by Gasteiger charge is 2.38. The van der Waals surface area contributed by atoms with Crippen LogP contribution in [0.4, 0.5) is 5.69 Å². The summed E-state index contributed by atoms with van der Waals surface area (Å²) in [5.74, 6) is 0.680. The molecule has 1 saturated heterocycles. The van der Waals surface area contributed by atoms with Gasteiger partial charge < -0.3 is 9.42 Å². The van der Waals surface area contributed by atoms with Gasteiger partial charge >= 0.3 is 0 Å². The van der Waals surface area contributed by atoms with E-state index in [0.29, 0.717) is 47.4 Å². The Morgan fingerprint density at radius 1 is 1.24 bits per heavy atom. The number of aryl methyl sites for hydroxylation is 1. The van der Waals surface area contributed by atoms with Crippen LogP contribution < -0.4 is 4.90 Å². The first-order valence-electron chi connectivity index (χ1n) is 11.6. The van der Waals surface area contributed by atoms with Gasteiger partial charge in [-0.2, -0.15) is 9.29 Å². The summed E-state index contributed by atoms with van der Waals surface area (Å²) in [5, 5.41) is 4.02. The molecule has 1 amide bonds. The molecular weight excluding hydrogens is 472 g/mol. The van der Waals surface area contributed by atoms with Crippen molar-refractivity contribution in [2.24, 2.45) is 5.92 Å². The van der Waals surface area contributed by atoms with Gasteiger partial charge in [-0.05, 0) is 43.9 Å². The van der Waals surface area contributed by atoms with Gasteiger partial charge in [0.2, 0.25) is 27.6 Å². The Bertz CT molecular complexity index is 1330. The SMILES string of the molecule is Cc1sc(-c2noc(C(C)C)n2)cc1S(=O)(=O)N1CCC[C@@H](C(=O)N2CCc3ccccc32)C1. The average molecular weight is 501 g/mol. The van der Waals surface area contributed by atoms with Gasteiger partial charge in [-0.25, -0.2) is 8.42 Å². The molecule has 2 aliphatic heterocycles. The van der Waals surface area contributed by atoms with Crippen LogP contribution >= 0.6 is 11.3 Å². The Kier molecular flexibility index (Phi) is 6.07. The topological polar surface area (TPSA) is 96.6 Å². The van der Waals surface area contributed by atoms with Crippen molar-refractivity contribution in [2.45, 2.75) is 50.8 Å². The fraction of sp³-hybridized carbons (Fsp3) is 0.458. The number of amides is 1. The van der Waals surface area contributed by atoms with Crippen molar-refractivity contribution in [1.29, 1.82) is 0 Å². The van der Waals surface area contributed by atoms with Crippen LogP contribution in [-0.4, -0.2) is 48.4 Å². The first kappa shape index (κ1) is 23.2. The summed E-state index contributed by atoms with van der Waals surface area (Å²) in [6.07, 6.45) is 2.18. The summed E-state index contributed by atoms with van der Waals surface area (Å²) in [7, 11) is -3.75. The zero-order chi connectivity index (χ0) is 24.0. The standard InChI is InChI=1S/C24H28N4O4S2/c1-15(2)23-25-22(26-32-23)20-13-21(16(3)33-20)34(30,31)27-11-6-8-18(14-27)24(29)28-12-10-17-7-4-5-9-19(17)28/h4-5,7,9,13,15,18H,6,8,10-12,14H2,1-3H3/t18-/m1/s1. The van der Waals surface area contributed by atoms with Gasteiger partial charge in [-0.3, -0.25) is 4.79 Å². The van der Waals surface area contributed by atoms with Crippen molar-refractivity contribution < 1.29 is 17.7 Å². The molecule has 1 atom stereocenters. The number of hydrogen-bond acceptors (Lipinski definition) is 7. The van der Waals surface area contributed by atoms with E-state index in [9.17, 15) is 13.2 Å². The number of hydrogen-bond donors (Lipinski definition) is 0. The highest BCUT2D eigenvalue weighted by Crippen LogP contribution is 2.36. The molecule has 10 heteroatoms. The number of carbonyl (C=O) groups is 1. The molecule has 5 rings (SSSR count). The lowest BCUT2D eigenvalue weighted by Crippen LogP contribution is -2.46. The molecule has 8 nitrogen and oxygen atoms in total. The van der Waals surface area contributed by atoms with Crippen molar-refractivity contribution in [1.82, 2.24) is 14.4 Å². The third kappa shape index (κ3) is 4.08. The first-order chi connectivity index (χ1) is 16.3. The summed E-state index contributed by atoms with van der Waals surface area (Å²) >= 11 is 1.34. The quantitative estimate of drug-likeness (QED) is 0.520. The minimum absolute atomic E-state index is 0.0144. The van der Waals surface area contributed by atoms with E-state index in [4.69, 9.17) is 4.52 Å². The van der Waals surface area contributed by atoms with Gasteiger partial charge in [-0.15, -0.1) is 11.3 Å². The Morgan fingerprint density at radius 2 is 2.03 bits per heavy atom. The predicted molar refractivity (Wildman–Crippen MR) is 130 cm³/mol. The van der Waals surface area contributed by atoms with Crippen molar-refractivity contribution in [3.8, 4) is 10.7 Å². The Hall–Kier alpha value is -2.56. The van der Waals surface area contributed by atoms with E-state index >= 15 is 0 Å². The molecule has 1 aromatic carbocycles. The van der Waals surface area contributed by atoms with Crippen LogP contribution in [-0.2, 0) is 21.2 Å². The van der Waals surface area contributed by atoms with E-state index in [0.717, 1.165) is 12.1 Å². The predicted octanol–water partition coefficient (Wildman–Crippen LogP) is 4.22. The molecule has 0 unspecified atom stereocenters. The van der Waals surface area contributed by atoms with Gasteiger partial charge in [-0.1, -0.05) is 37.2 Å². The largest absolute Gasteiger partial charge is 0.339 e. The van der Waals surface area contributed by atoms with Gasteiger partial charge in [0.05, 0.1) is 15.7 Å². The van der Waals surface area contributed by atoms with E-state index in [1.54, 1.807) is 13.0 Å². The van der Waals surface area contributed by atoms with Crippen LogP contribution in [0.25, 0.3) is 10.7 Å². The summed E-state index contributed by atoms with van der Waals surface area (Å²) < 4.78 is 34.0. The van der Waals surface area contributed by atoms with Crippen molar-refractivity contribution in [3.05, 3.63) is 46.7 Å². The Labute approximate surface area is 203 Å². The molecule has 0 spiro atoms. The maximum absolute atomic E-state index is 13.6. The van der Waals surface area contributed by atoms with Gasteiger partial charge in [0.15, 0.2) is 0 Å². The third-order valence-electron chi connectivity index (χ3n) is 6.53. The number of aromatic nitrogens is 2.